The molecule has 0 N–H and O–H groups in total. The van der Waals surface area contributed by atoms with Crippen LogP contribution in [0.5, 0.6) is 0 Å². The zero-order valence-corrected chi connectivity index (χ0v) is 33.8. The van der Waals surface area contributed by atoms with Crippen LogP contribution in [0, 0.1) is 13.8 Å². The van der Waals surface area contributed by atoms with Gasteiger partial charge in [-0.25, -0.2) is 0 Å². The van der Waals surface area contributed by atoms with Crippen molar-refractivity contribution in [2.45, 2.75) is 115 Å². The van der Waals surface area contributed by atoms with Gasteiger partial charge in [0.25, 0.3) is 0 Å². The Morgan fingerprint density at radius 3 is 1.08 bits per heavy atom. The molecule has 2 aliphatic rings. The van der Waals surface area contributed by atoms with Gasteiger partial charge in [-0.15, -0.1) is 0 Å². The van der Waals surface area contributed by atoms with Crippen LogP contribution in [0.1, 0.15) is 120 Å². The lowest BCUT2D eigenvalue weighted by Gasteiger charge is -2.22. The Bertz CT molecular complexity index is 2040. The standard InChI is InChI=1S/C46H42F12Si/c1-5-7-9-27-19-37-35(13-11-25(3)41(37)29-15-31(43(47,48)49)21-32(16-29)44(50,51)52)39(27)23-59-24-40-28(10-8-6-2)20-38-36(40)14-12-26(4)42(38)30-17-33(45(53,54)55)22-34(18-30)46(56,57)58/h11-22,39-40H,5-10,23-24H2,1-4H3. The number of halogens is 12. The summed E-state index contributed by atoms with van der Waals surface area (Å²) in [5.74, 6) is -0.295. The minimum absolute atomic E-state index is 0.127. The molecule has 0 aromatic heterocycles. The molecule has 2 atom stereocenters. The lowest BCUT2D eigenvalue weighted by Crippen LogP contribution is -2.11. The quantitative estimate of drug-likeness (QED) is 0.0984. The van der Waals surface area contributed by atoms with Crippen LogP contribution in [0.3, 0.4) is 0 Å². The van der Waals surface area contributed by atoms with Crippen LogP contribution >= 0.6 is 0 Å². The molecule has 314 valence electrons. The van der Waals surface area contributed by atoms with Crippen molar-refractivity contribution in [3.63, 3.8) is 0 Å². The second-order valence-corrected chi connectivity index (χ2v) is 16.8. The minimum atomic E-state index is -5.00. The summed E-state index contributed by atoms with van der Waals surface area (Å²) >= 11 is 0. The van der Waals surface area contributed by atoms with E-state index >= 15 is 0 Å². The molecule has 59 heavy (non-hydrogen) atoms. The van der Waals surface area contributed by atoms with Gasteiger partial charge in [0.05, 0.1) is 22.3 Å². The average molecular weight is 851 g/mol. The summed E-state index contributed by atoms with van der Waals surface area (Å²) in [5, 5.41) is 0. The van der Waals surface area contributed by atoms with Gasteiger partial charge in [-0.1, -0.05) is 86.3 Å². The third kappa shape index (κ3) is 9.39. The van der Waals surface area contributed by atoms with E-state index in [1.165, 1.54) is 0 Å². The number of fused-ring (bicyclic) bond motifs is 2. The van der Waals surface area contributed by atoms with E-state index in [1.807, 2.05) is 38.1 Å². The zero-order chi connectivity index (χ0) is 43.2. The van der Waals surface area contributed by atoms with Gasteiger partial charge in [-0.3, -0.25) is 0 Å². The van der Waals surface area contributed by atoms with Crippen molar-refractivity contribution in [3.8, 4) is 22.3 Å². The van der Waals surface area contributed by atoms with Gasteiger partial charge in [0.15, 0.2) is 0 Å². The molecule has 4 aromatic rings. The molecule has 0 aliphatic heterocycles. The molecule has 6 rings (SSSR count). The highest BCUT2D eigenvalue weighted by Gasteiger charge is 2.40. The molecule has 2 unspecified atom stereocenters. The van der Waals surface area contributed by atoms with E-state index in [-0.39, 0.29) is 35.1 Å². The number of aryl methyl sites for hydroxylation is 2. The van der Waals surface area contributed by atoms with Crippen LogP contribution in [-0.2, 0) is 24.7 Å². The maximum Gasteiger partial charge on any atom is 0.416 e. The normalized spacial score (nSPS) is 16.9. The highest BCUT2D eigenvalue weighted by atomic mass is 28.2. The van der Waals surface area contributed by atoms with Crippen molar-refractivity contribution in [3.05, 3.63) is 127 Å². The summed E-state index contributed by atoms with van der Waals surface area (Å²) in [5.41, 5.74) is 0.766. The van der Waals surface area contributed by atoms with E-state index in [2.05, 4.69) is 0 Å². The molecule has 4 aromatic carbocycles. The fourth-order valence-corrected chi connectivity index (χ4v) is 10.2. The maximum atomic E-state index is 13.9. The summed E-state index contributed by atoms with van der Waals surface area (Å²) in [6.07, 6.45) is -11.4. The number of benzene rings is 4. The number of unbranched alkanes of at least 4 members (excludes halogenated alkanes) is 2. The molecule has 0 amide bonds. The van der Waals surface area contributed by atoms with Crippen molar-refractivity contribution in [2.24, 2.45) is 0 Å². The molecule has 0 saturated heterocycles. The molecule has 0 heterocycles. The first-order chi connectivity index (χ1) is 27.5. The maximum absolute atomic E-state index is 13.9. The van der Waals surface area contributed by atoms with Crippen molar-refractivity contribution >= 4 is 21.7 Å². The summed E-state index contributed by atoms with van der Waals surface area (Å²) in [6.45, 7) is 7.38. The predicted octanol–water partition coefficient (Wildman–Crippen LogP) is 16.3. The van der Waals surface area contributed by atoms with Crippen LogP contribution in [0.15, 0.2) is 71.8 Å². The van der Waals surface area contributed by atoms with Gasteiger partial charge in [0, 0.05) is 21.4 Å². The van der Waals surface area contributed by atoms with Crippen molar-refractivity contribution in [1.82, 2.24) is 0 Å². The third-order valence-electron chi connectivity index (χ3n) is 11.4. The number of alkyl halides is 12. The Kier molecular flexibility index (Phi) is 12.5. The van der Waals surface area contributed by atoms with Crippen LogP contribution in [-0.4, -0.2) is 9.52 Å². The van der Waals surface area contributed by atoms with Crippen LogP contribution in [0.25, 0.3) is 34.4 Å². The topological polar surface area (TPSA) is 0 Å². The van der Waals surface area contributed by atoms with Gasteiger partial charge in [0.2, 0.25) is 0 Å². The SMILES string of the molecule is CCCCC1=Cc2c(ccc(C)c2-c2cc(C(F)(F)F)cc(C(F)(F)F)c2)C1C[Si]CC1C(CCCC)=Cc2c1ccc(C)c2-c1cc(C(F)(F)F)cc(C(F)(F)F)c1. The summed E-state index contributed by atoms with van der Waals surface area (Å²) < 4.78 is 167. The first-order valence-corrected chi connectivity index (χ1v) is 20.9. The first-order valence-electron chi connectivity index (χ1n) is 19.5. The summed E-state index contributed by atoms with van der Waals surface area (Å²) in [4.78, 5) is 0. The lowest BCUT2D eigenvalue weighted by atomic mass is 9.88. The second-order valence-electron chi connectivity index (χ2n) is 15.5. The van der Waals surface area contributed by atoms with Crippen molar-refractivity contribution in [2.75, 3.05) is 0 Å². The summed E-state index contributed by atoms with van der Waals surface area (Å²) in [6, 6.07) is 11.9. The average Bonchev–Trinajstić information content (AvgIpc) is 3.67. The highest BCUT2D eigenvalue weighted by molar-refractivity contribution is 6.36. The van der Waals surface area contributed by atoms with Crippen molar-refractivity contribution < 1.29 is 52.7 Å². The van der Waals surface area contributed by atoms with Crippen molar-refractivity contribution in [1.29, 1.82) is 0 Å². The number of allylic oxidation sites excluding steroid dienone is 2. The van der Waals surface area contributed by atoms with Gasteiger partial charge in [-0.05, 0) is 132 Å². The van der Waals surface area contributed by atoms with Crippen LogP contribution < -0.4 is 0 Å². The van der Waals surface area contributed by atoms with E-state index < -0.39 is 47.0 Å². The minimum Gasteiger partial charge on any atom is -0.166 e. The van der Waals surface area contributed by atoms with Gasteiger partial charge in [-0.2, -0.15) is 52.7 Å². The molecule has 13 heteroatoms. The Morgan fingerprint density at radius 2 is 0.797 bits per heavy atom. The Hall–Kier alpha value is -4.26. The molecule has 0 spiro atoms. The number of hydrogen-bond acceptors (Lipinski definition) is 0. The van der Waals surface area contributed by atoms with E-state index in [4.69, 9.17) is 0 Å². The van der Waals surface area contributed by atoms with E-state index in [0.717, 1.165) is 72.2 Å². The fourth-order valence-electron chi connectivity index (χ4n) is 8.45. The second kappa shape index (κ2) is 16.7. The summed E-state index contributed by atoms with van der Waals surface area (Å²) in [7, 11) is 0.312. The molecule has 2 radical (unpaired) electrons. The van der Waals surface area contributed by atoms with Crippen LogP contribution in [0.2, 0.25) is 12.1 Å². The Labute approximate surface area is 338 Å². The smallest absolute Gasteiger partial charge is 0.166 e. The van der Waals surface area contributed by atoms with E-state index in [1.54, 1.807) is 26.0 Å². The molecule has 0 bridgehead atoms. The molecule has 0 fully saturated rings. The number of rotatable bonds is 12. The largest absolute Gasteiger partial charge is 0.416 e. The van der Waals surface area contributed by atoms with Crippen LogP contribution in [0.4, 0.5) is 52.7 Å². The monoisotopic (exact) mass is 850 g/mol. The fraction of sp³-hybridized carbons (Fsp3) is 0.391. The van der Waals surface area contributed by atoms with E-state index in [9.17, 15) is 52.7 Å². The van der Waals surface area contributed by atoms with Gasteiger partial charge < -0.3 is 0 Å². The Balaban J connectivity index is 1.37. The number of hydrogen-bond donors (Lipinski definition) is 0. The van der Waals surface area contributed by atoms with Gasteiger partial charge in [0.1, 0.15) is 0 Å². The van der Waals surface area contributed by atoms with E-state index in [0.29, 0.717) is 67.8 Å². The Morgan fingerprint density at radius 1 is 0.475 bits per heavy atom. The predicted molar refractivity (Wildman–Crippen MR) is 209 cm³/mol. The molecular formula is C46H42F12Si. The third-order valence-corrected chi connectivity index (χ3v) is 12.8. The molecule has 0 nitrogen and oxygen atoms in total. The first kappa shape index (κ1) is 44.3. The lowest BCUT2D eigenvalue weighted by molar-refractivity contribution is -0.144. The molecule has 2 aliphatic carbocycles. The highest BCUT2D eigenvalue weighted by Crippen LogP contribution is 2.51. The molecule has 0 saturated carbocycles. The molecular weight excluding hydrogens is 809 g/mol. The zero-order valence-electron chi connectivity index (χ0n) is 32.8. The van der Waals surface area contributed by atoms with Gasteiger partial charge >= 0.3 is 24.7 Å².